The number of aromatic amines is 2. The van der Waals surface area contributed by atoms with Gasteiger partial charge in [-0.2, -0.15) is 0 Å². The second-order valence-electron chi connectivity index (χ2n) is 8.17. The number of carbonyl (C=O) groups excluding carboxylic acids is 2. The first-order valence-corrected chi connectivity index (χ1v) is 11.0. The molecule has 6 heteroatoms. The van der Waals surface area contributed by atoms with Crippen LogP contribution in [0.4, 0.5) is 0 Å². The van der Waals surface area contributed by atoms with Crippen molar-refractivity contribution in [2.45, 2.75) is 6.42 Å². The lowest BCUT2D eigenvalue weighted by Gasteiger charge is -2.06. The van der Waals surface area contributed by atoms with Gasteiger partial charge in [0.05, 0.1) is 11.1 Å². The highest BCUT2D eigenvalue weighted by Gasteiger charge is 2.34. The van der Waals surface area contributed by atoms with E-state index in [0.29, 0.717) is 27.3 Å². The maximum atomic E-state index is 13.0. The Kier molecular flexibility index (Phi) is 4.45. The van der Waals surface area contributed by atoms with Gasteiger partial charge in [-0.3, -0.25) is 14.9 Å². The van der Waals surface area contributed by atoms with Crippen LogP contribution in [0.15, 0.2) is 79.1 Å². The fraction of sp³-hybridized carbons (Fsp3) is 0.0370. The lowest BCUT2D eigenvalue weighted by Crippen LogP contribution is -2.22. The molecule has 160 valence electrons. The van der Waals surface area contributed by atoms with Crippen LogP contribution in [0.2, 0.25) is 5.02 Å². The zero-order valence-electron chi connectivity index (χ0n) is 17.4. The summed E-state index contributed by atoms with van der Waals surface area (Å²) in [7, 11) is 0. The van der Waals surface area contributed by atoms with Crippen LogP contribution in [0.25, 0.3) is 33.0 Å². The molecule has 0 spiro atoms. The van der Waals surface area contributed by atoms with Crippen LogP contribution >= 0.6 is 11.6 Å². The van der Waals surface area contributed by atoms with E-state index in [1.165, 1.54) is 5.56 Å². The standard InChI is InChI=1S/C27H18ClN3O2/c28-17-7-8-18-20(13-30-23(18)12-17)24-25(27(33)31-26(24)32)21-14-29-22-9-6-16(11-19(21)22)10-15-4-2-1-3-5-15/h1-9,11-14,29-30H,10H2,(H,31,32,33). The second-order valence-corrected chi connectivity index (χ2v) is 8.61. The molecule has 0 fully saturated rings. The number of carbonyl (C=O) groups is 2. The molecular weight excluding hydrogens is 434 g/mol. The Hall–Kier alpha value is -4.09. The zero-order chi connectivity index (χ0) is 22.5. The summed E-state index contributed by atoms with van der Waals surface area (Å²) in [6.45, 7) is 0. The van der Waals surface area contributed by atoms with Gasteiger partial charge in [0.25, 0.3) is 11.8 Å². The number of hydrogen-bond donors (Lipinski definition) is 3. The van der Waals surface area contributed by atoms with E-state index in [0.717, 1.165) is 33.8 Å². The minimum absolute atomic E-state index is 0.364. The summed E-state index contributed by atoms with van der Waals surface area (Å²) in [5.41, 5.74) is 6.17. The van der Waals surface area contributed by atoms with Gasteiger partial charge < -0.3 is 9.97 Å². The van der Waals surface area contributed by atoms with Crippen molar-refractivity contribution in [3.05, 3.63) is 106 Å². The van der Waals surface area contributed by atoms with E-state index < -0.39 is 11.8 Å². The Labute approximate surface area is 194 Å². The highest BCUT2D eigenvalue weighted by molar-refractivity contribution is 6.50. The van der Waals surface area contributed by atoms with Crippen molar-refractivity contribution in [1.82, 2.24) is 15.3 Å². The molecule has 0 aliphatic carbocycles. The molecule has 0 saturated heterocycles. The van der Waals surface area contributed by atoms with Crippen molar-refractivity contribution >= 4 is 56.4 Å². The lowest BCUT2D eigenvalue weighted by atomic mass is 9.94. The monoisotopic (exact) mass is 451 g/mol. The summed E-state index contributed by atoms with van der Waals surface area (Å²) >= 11 is 6.12. The summed E-state index contributed by atoms with van der Waals surface area (Å²) < 4.78 is 0. The summed E-state index contributed by atoms with van der Waals surface area (Å²) in [5, 5.41) is 4.82. The van der Waals surface area contributed by atoms with E-state index in [4.69, 9.17) is 11.6 Å². The predicted molar refractivity (Wildman–Crippen MR) is 131 cm³/mol. The van der Waals surface area contributed by atoms with E-state index in [-0.39, 0.29) is 0 Å². The predicted octanol–water partition coefficient (Wildman–Crippen LogP) is 5.46. The molecule has 5 aromatic rings. The number of H-pyrrole nitrogens is 2. The van der Waals surface area contributed by atoms with Gasteiger partial charge in [0.1, 0.15) is 0 Å². The number of aromatic nitrogens is 2. The molecule has 33 heavy (non-hydrogen) atoms. The van der Waals surface area contributed by atoms with Crippen LogP contribution in [0.1, 0.15) is 22.3 Å². The van der Waals surface area contributed by atoms with Crippen LogP contribution in [0.5, 0.6) is 0 Å². The first kappa shape index (κ1) is 19.6. The van der Waals surface area contributed by atoms with E-state index >= 15 is 0 Å². The van der Waals surface area contributed by atoms with E-state index in [1.807, 2.05) is 30.3 Å². The first-order chi connectivity index (χ1) is 16.1. The molecule has 0 unspecified atom stereocenters. The van der Waals surface area contributed by atoms with Gasteiger partial charge in [-0.15, -0.1) is 0 Å². The summed E-state index contributed by atoms with van der Waals surface area (Å²) in [5.74, 6) is -0.798. The Morgan fingerprint density at radius 1 is 0.667 bits per heavy atom. The summed E-state index contributed by atoms with van der Waals surface area (Å²) in [6, 6.07) is 21.8. The number of halogens is 1. The van der Waals surface area contributed by atoms with Crippen LogP contribution in [-0.2, 0) is 16.0 Å². The molecule has 0 bridgehead atoms. The lowest BCUT2D eigenvalue weighted by molar-refractivity contribution is -0.122. The molecular formula is C27H18ClN3O2. The molecule has 5 nitrogen and oxygen atoms in total. The first-order valence-electron chi connectivity index (χ1n) is 10.6. The molecule has 3 heterocycles. The van der Waals surface area contributed by atoms with Gasteiger partial charge in [-0.1, -0.05) is 54.1 Å². The summed E-state index contributed by atoms with van der Waals surface area (Å²) in [6.07, 6.45) is 4.34. The maximum Gasteiger partial charge on any atom is 0.259 e. The smallest absolute Gasteiger partial charge is 0.259 e. The Morgan fingerprint density at radius 2 is 1.36 bits per heavy atom. The van der Waals surface area contributed by atoms with Gasteiger partial charge in [-0.25, -0.2) is 0 Å². The average Bonchev–Trinajstić information content (AvgIpc) is 3.48. The molecule has 2 amide bonds. The van der Waals surface area contributed by atoms with Crippen molar-refractivity contribution in [2.24, 2.45) is 0 Å². The number of amides is 2. The average molecular weight is 452 g/mol. The Bertz CT molecular complexity index is 1610. The van der Waals surface area contributed by atoms with Crippen LogP contribution in [0.3, 0.4) is 0 Å². The molecule has 1 aliphatic heterocycles. The molecule has 3 aromatic carbocycles. The third-order valence-electron chi connectivity index (χ3n) is 6.11. The fourth-order valence-corrected chi connectivity index (χ4v) is 4.76. The number of imide groups is 1. The van der Waals surface area contributed by atoms with Crippen molar-refractivity contribution in [3.63, 3.8) is 0 Å². The van der Waals surface area contributed by atoms with Crippen molar-refractivity contribution in [1.29, 1.82) is 0 Å². The number of hydrogen-bond acceptors (Lipinski definition) is 2. The number of fused-ring (bicyclic) bond motifs is 2. The zero-order valence-corrected chi connectivity index (χ0v) is 18.2. The second kappa shape index (κ2) is 7.50. The molecule has 0 saturated carbocycles. The third kappa shape index (κ3) is 3.25. The van der Waals surface area contributed by atoms with Gasteiger partial charge >= 0.3 is 0 Å². The van der Waals surface area contributed by atoms with Crippen LogP contribution < -0.4 is 5.32 Å². The largest absolute Gasteiger partial charge is 0.361 e. The Morgan fingerprint density at radius 3 is 2.12 bits per heavy atom. The topological polar surface area (TPSA) is 77.8 Å². The van der Waals surface area contributed by atoms with Gasteiger partial charge in [0.15, 0.2) is 0 Å². The molecule has 1 aliphatic rings. The highest BCUT2D eigenvalue weighted by Crippen LogP contribution is 2.38. The van der Waals surface area contributed by atoms with Crippen molar-refractivity contribution < 1.29 is 9.59 Å². The van der Waals surface area contributed by atoms with E-state index in [9.17, 15) is 9.59 Å². The van der Waals surface area contributed by atoms with Gasteiger partial charge in [0, 0.05) is 50.3 Å². The fourth-order valence-electron chi connectivity index (χ4n) is 4.59. The van der Waals surface area contributed by atoms with E-state index in [2.05, 4.69) is 39.6 Å². The molecule has 0 radical (unpaired) electrons. The van der Waals surface area contributed by atoms with Gasteiger partial charge in [0.2, 0.25) is 0 Å². The SMILES string of the molecule is O=C1NC(=O)C(c2c[nH]c3ccc(Cc4ccccc4)cc23)=C1c1c[nH]c2cc(Cl)ccc12. The summed E-state index contributed by atoms with van der Waals surface area (Å²) in [4.78, 5) is 32.3. The third-order valence-corrected chi connectivity index (χ3v) is 6.35. The molecule has 0 atom stereocenters. The maximum absolute atomic E-state index is 13.0. The molecule has 6 rings (SSSR count). The van der Waals surface area contributed by atoms with Crippen LogP contribution in [-0.4, -0.2) is 21.8 Å². The molecule has 3 N–H and O–H groups in total. The van der Waals surface area contributed by atoms with Crippen LogP contribution in [0, 0.1) is 0 Å². The van der Waals surface area contributed by atoms with E-state index in [1.54, 1.807) is 24.5 Å². The Balaban J connectivity index is 1.53. The van der Waals surface area contributed by atoms with Gasteiger partial charge in [-0.05, 0) is 41.8 Å². The quantitative estimate of drug-likeness (QED) is 0.317. The molecule has 2 aromatic heterocycles. The van der Waals surface area contributed by atoms with Crippen molar-refractivity contribution in [2.75, 3.05) is 0 Å². The minimum atomic E-state index is -0.402. The number of rotatable bonds is 4. The van der Waals surface area contributed by atoms with Crippen molar-refractivity contribution in [3.8, 4) is 0 Å². The highest BCUT2D eigenvalue weighted by atomic mass is 35.5. The normalized spacial score (nSPS) is 14.0. The number of benzene rings is 3. The number of nitrogens with one attached hydrogen (secondary N) is 3. The minimum Gasteiger partial charge on any atom is -0.361 e.